The quantitative estimate of drug-likeness (QED) is 0.858. The Bertz CT molecular complexity index is 427. The first-order chi connectivity index (χ1) is 9.35. The number of nitrogen functional groups attached to an aromatic ring is 1. The van der Waals surface area contributed by atoms with Crippen molar-refractivity contribution in [1.82, 2.24) is 4.90 Å². The molecule has 0 amide bonds. The Morgan fingerprint density at radius 2 is 2.00 bits per heavy atom. The summed E-state index contributed by atoms with van der Waals surface area (Å²) in [5, 5.41) is 0. The molecule has 0 radical (unpaired) electrons. The molecule has 2 N–H and O–H groups in total. The lowest BCUT2D eigenvalue weighted by Gasteiger charge is -2.42. The summed E-state index contributed by atoms with van der Waals surface area (Å²) in [7, 11) is 0. The lowest BCUT2D eigenvalue weighted by molar-refractivity contribution is -0.128. The van der Waals surface area contributed by atoms with Crippen molar-refractivity contribution < 1.29 is 4.74 Å². The van der Waals surface area contributed by atoms with Gasteiger partial charge in [-0.05, 0) is 57.4 Å². The van der Waals surface area contributed by atoms with Gasteiger partial charge in [-0.3, -0.25) is 4.90 Å². The van der Waals surface area contributed by atoms with Crippen LogP contribution in [0.1, 0.15) is 45.6 Å². The number of rotatable bonds is 4. The molecule has 1 aliphatic heterocycles. The van der Waals surface area contributed by atoms with E-state index in [1.807, 2.05) is 12.1 Å². The van der Waals surface area contributed by atoms with Gasteiger partial charge in [0.25, 0.3) is 0 Å². The zero-order chi connectivity index (χ0) is 14.8. The molecule has 2 unspecified atom stereocenters. The smallest absolute Gasteiger partial charge is 0.0757 e. The van der Waals surface area contributed by atoms with Crippen molar-refractivity contribution in [1.29, 1.82) is 0 Å². The molecular weight excluding hydrogens is 248 g/mol. The molecule has 0 spiro atoms. The van der Waals surface area contributed by atoms with Crippen molar-refractivity contribution in [2.24, 2.45) is 0 Å². The maximum Gasteiger partial charge on any atom is 0.0757 e. The van der Waals surface area contributed by atoms with Gasteiger partial charge in [-0.2, -0.15) is 0 Å². The number of nitrogens with zero attached hydrogens (tertiary/aromatic N) is 1. The van der Waals surface area contributed by atoms with Gasteiger partial charge in [0.05, 0.1) is 11.7 Å². The molecule has 0 bridgehead atoms. The lowest BCUT2D eigenvalue weighted by atomic mass is 9.96. The van der Waals surface area contributed by atoms with Crippen molar-refractivity contribution in [2.75, 3.05) is 25.4 Å². The average molecular weight is 276 g/mol. The summed E-state index contributed by atoms with van der Waals surface area (Å²) in [6.45, 7) is 12.0. The van der Waals surface area contributed by atoms with Crippen LogP contribution in [-0.2, 0) is 4.74 Å². The predicted octanol–water partition coefficient (Wildman–Crippen LogP) is 3.26. The maximum atomic E-state index is 5.95. The average Bonchev–Trinajstić information content (AvgIpc) is 2.34. The third-order valence-electron chi connectivity index (χ3n) is 4.02. The fraction of sp³-hybridized carbons (Fsp3) is 0.647. The molecule has 1 aromatic carbocycles. The van der Waals surface area contributed by atoms with Crippen LogP contribution in [0.3, 0.4) is 0 Å². The van der Waals surface area contributed by atoms with Crippen LogP contribution in [0.5, 0.6) is 0 Å². The molecule has 0 aromatic heterocycles. The van der Waals surface area contributed by atoms with E-state index in [9.17, 15) is 0 Å². The summed E-state index contributed by atoms with van der Waals surface area (Å²) in [6.07, 6.45) is 1.50. The van der Waals surface area contributed by atoms with E-state index in [0.717, 1.165) is 25.3 Å². The second-order valence-electron chi connectivity index (χ2n) is 6.78. The van der Waals surface area contributed by atoms with Crippen LogP contribution < -0.4 is 5.73 Å². The van der Waals surface area contributed by atoms with E-state index >= 15 is 0 Å². The van der Waals surface area contributed by atoms with Gasteiger partial charge in [0, 0.05) is 18.8 Å². The van der Waals surface area contributed by atoms with Crippen molar-refractivity contribution in [3.05, 3.63) is 29.8 Å². The van der Waals surface area contributed by atoms with E-state index in [1.165, 1.54) is 12.0 Å². The fourth-order valence-corrected chi connectivity index (χ4v) is 3.12. The van der Waals surface area contributed by atoms with Crippen LogP contribution in [-0.4, -0.2) is 36.2 Å². The number of nitrogens with two attached hydrogens (primary N) is 1. The summed E-state index contributed by atoms with van der Waals surface area (Å²) in [6, 6.07) is 8.27. The molecule has 2 atom stereocenters. The largest absolute Gasteiger partial charge is 0.399 e. The molecule has 112 valence electrons. The molecule has 1 heterocycles. The monoisotopic (exact) mass is 276 g/mol. The van der Waals surface area contributed by atoms with Crippen molar-refractivity contribution in [3.8, 4) is 0 Å². The van der Waals surface area contributed by atoms with Crippen molar-refractivity contribution >= 4 is 5.69 Å². The Labute approximate surface area is 123 Å². The first-order valence-electron chi connectivity index (χ1n) is 7.61. The van der Waals surface area contributed by atoms with E-state index in [4.69, 9.17) is 10.5 Å². The molecule has 0 aliphatic carbocycles. The first-order valence-corrected chi connectivity index (χ1v) is 7.61. The van der Waals surface area contributed by atoms with Gasteiger partial charge >= 0.3 is 0 Å². The molecule has 1 aromatic rings. The molecule has 1 fully saturated rings. The minimum absolute atomic E-state index is 0.0257. The van der Waals surface area contributed by atoms with Crippen LogP contribution in [0.25, 0.3) is 0 Å². The molecule has 20 heavy (non-hydrogen) atoms. The van der Waals surface area contributed by atoms with Gasteiger partial charge in [-0.25, -0.2) is 0 Å². The lowest BCUT2D eigenvalue weighted by Crippen LogP contribution is -2.52. The van der Waals surface area contributed by atoms with E-state index < -0.39 is 0 Å². The molecule has 1 saturated heterocycles. The van der Waals surface area contributed by atoms with Crippen LogP contribution in [0, 0.1) is 0 Å². The van der Waals surface area contributed by atoms with Crippen molar-refractivity contribution in [2.45, 2.75) is 51.7 Å². The topological polar surface area (TPSA) is 38.5 Å². The van der Waals surface area contributed by atoms with Gasteiger partial charge < -0.3 is 10.5 Å². The molecule has 3 nitrogen and oxygen atoms in total. The van der Waals surface area contributed by atoms with Gasteiger partial charge in [0.15, 0.2) is 0 Å². The summed E-state index contributed by atoms with van der Waals surface area (Å²) in [5.74, 6) is 0.567. The van der Waals surface area contributed by atoms with E-state index in [1.54, 1.807) is 0 Å². The van der Waals surface area contributed by atoms with Gasteiger partial charge in [-0.15, -0.1) is 0 Å². The Hall–Kier alpha value is -1.06. The molecule has 3 heteroatoms. The Kier molecular flexibility index (Phi) is 4.71. The SMILES string of the molecule is CC1CN(CCC(C)c2ccc(N)cc2)CC(C)(C)O1. The Morgan fingerprint density at radius 1 is 1.35 bits per heavy atom. The minimum atomic E-state index is -0.0257. The van der Waals surface area contributed by atoms with Gasteiger partial charge in [0.1, 0.15) is 0 Å². The third kappa shape index (κ3) is 4.22. The number of hydrogen-bond donors (Lipinski definition) is 1. The van der Waals surface area contributed by atoms with Crippen LogP contribution in [0.4, 0.5) is 5.69 Å². The number of hydrogen-bond acceptors (Lipinski definition) is 3. The second kappa shape index (κ2) is 6.15. The zero-order valence-corrected chi connectivity index (χ0v) is 13.2. The first kappa shape index (κ1) is 15.3. The maximum absolute atomic E-state index is 5.95. The van der Waals surface area contributed by atoms with Crippen LogP contribution in [0.15, 0.2) is 24.3 Å². The molecular formula is C17H28N2O. The zero-order valence-electron chi connectivity index (χ0n) is 13.2. The van der Waals surface area contributed by atoms with E-state index in [0.29, 0.717) is 12.0 Å². The standard InChI is InChI=1S/C17H28N2O/c1-13(15-5-7-16(18)8-6-15)9-10-19-11-14(2)20-17(3,4)12-19/h5-8,13-14H,9-12,18H2,1-4H3. The highest BCUT2D eigenvalue weighted by Gasteiger charge is 2.31. The highest BCUT2D eigenvalue weighted by atomic mass is 16.5. The minimum Gasteiger partial charge on any atom is -0.399 e. The summed E-state index contributed by atoms with van der Waals surface area (Å²) >= 11 is 0. The van der Waals surface area contributed by atoms with Gasteiger partial charge in [0.2, 0.25) is 0 Å². The number of benzene rings is 1. The Morgan fingerprint density at radius 3 is 2.60 bits per heavy atom. The number of anilines is 1. The summed E-state index contributed by atoms with van der Waals surface area (Å²) in [5.41, 5.74) is 7.93. The Balaban J connectivity index is 1.86. The van der Waals surface area contributed by atoms with Crippen LogP contribution in [0.2, 0.25) is 0 Å². The summed E-state index contributed by atoms with van der Waals surface area (Å²) < 4.78 is 5.95. The highest BCUT2D eigenvalue weighted by Crippen LogP contribution is 2.24. The van der Waals surface area contributed by atoms with Crippen molar-refractivity contribution in [3.63, 3.8) is 0 Å². The van der Waals surface area contributed by atoms with E-state index in [2.05, 4.69) is 44.7 Å². The second-order valence-corrected chi connectivity index (χ2v) is 6.78. The van der Waals surface area contributed by atoms with E-state index in [-0.39, 0.29) is 5.60 Å². The molecule has 1 aliphatic rings. The third-order valence-corrected chi connectivity index (χ3v) is 4.02. The highest BCUT2D eigenvalue weighted by molar-refractivity contribution is 5.40. The van der Waals surface area contributed by atoms with Gasteiger partial charge in [-0.1, -0.05) is 19.1 Å². The molecule has 2 rings (SSSR count). The van der Waals surface area contributed by atoms with Crippen LogP contribution >= 0.6 is 0 Å². The molecule has 0 saturated carbocycles. The number of ether oxygens (including phenoxy) is 1. The summed E-state index contributed by atoms with van der Waals surface area (Å²) in [4.78, 5) is 2.53. The normalized spacial score (nSPS) is 24.5. The number of morpholine rings is 1. The fourth-order valence-electron chi connectivity index (χ4n) is 3.12. The predicted molar refractivity (Wildman–Crippen MR) is 85.0 cm³/mol.